The third kappa shape index (κ3) is 4.97. The number of benzene rings is 1. The van der Waals surface area contributed by atoms with Gasteiger partial charge in [-0.1, -0.05) is 17.3 Å². The van der Waals surface area contributed by atoms with Crippen molar-refractivity contribution in [1.82, 2.24) is 5.32 Å². The molecule has 0 aliphatic rings. The molecule has 0 amide bonds. The Hall–Kier alpha value is -1.68. The molecule has 0 saturated heterocycles. The molecule has 8 nitrogen and oxygen atoms in total. The second-order valence-electron chi connectivity index (χ2n) is 4.35. The first-order valence-electron chi connectivity index (χ1n) is 6.20. The van der Waals surface area contributed by atoms with Crippen molar-refractivity contribution < 1.29 is 23.8 Å². The van der Waals surface area contributed by atoms with Crippen LogP contribution in [0.5, 0.6) is 0 Å². The first-order chi connectivity index (χ1) is 9.94. The van der Waals surface area contributed by atoms with Crippen molar-refractivity contribution in [2.45, 2.75) is 10.9 Å². The molecule has 0 saturated carbocycles. The average molecular weight is 317 g/mol. The quantitative estimate of drug-likeness (QED) is 0.170. The summed E-state index contributed by atoms with van der Waals surface area (Å²) in [6, 6.07) is 5.21. The molecule has 1 aromatic rings. The number of aliphatic hydroxyl groups excluding tert-OH is 2. The molecule has 0 aliphatic carbocycles. The second kappa shape index (κ2) is 7.93. The van der Waals surface area contributed by atoms with Gasteiger partial charge in [0.1, 0.15) is 0 Å². The number of oxime groups is 1. The lowest BCUT2D eigenvalue weighted by Gasteiger charge is -2.13. The molecule has 0 atom stereocenters. The predicted molar refractivity (Wildman–Crippen MR) is 77.0 cm³/mol. The van der Waals surface area contributed by atoms with E-state index in [0.29, 0.717) is 5.56 Å². The van der Waals surface area contributed by atoms with Gasteiger partial charge in [0.25, 0.3) is 0 Å². The van der Waals surface area contributed by atoms with Gasteiger partial charge in [-0.05, 0) is 12.1 Å². The van der Waals surface area contributed by atoms with Gasteiger partial charge in [0, 0.05) is 12.1 Å². The van der Waals surface area contributed by atoms with E-state index in [0.717, 1.165) is 0 Å². The van der Waals surface area contributed by atoms with Crippen LogP contribution in [0.2, 0.25) is 0 Å². The standard InChI is InChI=1S/C12H19N3O5S/c13-12(15-18)9-2-1-3-11(6-9)21(19,20)5-4-14-10(7-16)8-17/h1-3,6,10,14,16-18H,4-5,7-8H2,(H2,13,15). The first kappa shape index (κ1) is 17.4. The molecule has 9 heteroatoms. The summed E-state index contributed by atoms with van der Waals surface area (Å²) in [7, 11) is -3.55. The Labute approximate surface area is 122 Å². The first-order valence-corrected chi connectivity index (χ1v) is 7.85. The van der Waals surface area contributed by atoms with Gasteiger partial charge in [-0.25, -0.2) is 8.42 Å². The highest BCUT2D eigenvalue weighted by atomic mass is 32.2. The van der Waals surface area contributed by atoms with E-state index in [9.17, 15) is 8.42 Å². The highest BCUT2D eigenvalue weighted by Crippen LogP contribution is 2.13. The zero-order valence-corrected chi connectivity index (χ0v) is 12.1. The number of hydrogen-bond donors (Lipinski definition) is 5. The van der Waals surface area contributed by atoms with Crippen molar-refractivity contribution in [2.24, 2.45) is 10.9 Å². The van der Waals surface area contributed by atoms with Crippen LogP contribution in [0.15, 0.2) is 34.3 Å². The van der Waals surface area contributed by atoms with Crippen LogP contribution in [-0.4, -0.2) is 61.2 Å². The molecular formula is C12H19N3O5S. The van der Waals surface area contributed by atoms with E-state index in [1.165, 1.54) is 24.3 Å². The highest BCUT2D eigenvalue weighted by molar-refractivity contribution is 7.91. The number of nitrogens with two attached hydrogens (primary N) is 1. The van der Waals surface area contributed by atoms with Gasteiger partial charge in [-0.3, -0.25) is 0 Å². The van der Waals surface area contributed by atoms with Crippen LogP contribution in [0.1, 0.15) is 5.56 Å². The van der Waals surface area contributed by atoms with Crippen molar-refractivity contribution in [3.8, 4) is 0 Å². The number of nitrogens with zero attached hydrogens (tertiary/aromatic N) is 1. The summed E-state index contributed by atoms with van der Waals surface area (Å²) in [5.41, 5.74) is 5.72. The van der Waals surface area contributed by atoms with Crippen molar-refractivity contribution in [1.29, 1.82) is 0 Å². The van der Waals surface area contributed by atoms with Crippen LogP contribution in [0.4, 0.5) is 0 Å². The van der Waals surface area contributed by atoms with Crippen molar-refractivity contribution in [3.05, 3.63) is 29.8 Å². The van der Waals surface area contributed by atoms with Crippen molar-refractivity contribution in [2.75, 3.05) is 25.5 Å². The fraction of sp³-hybridized carbons (Fsp3) is 0.417. The summed E-state index contributed by atoms with van der Waals surface area (Å²) in [5, 5.41) is 31.9. The predicted octanol–water partition coefficient (Wildman–Crippen LogP) is -1.50. The number of hydrogen-bond acceptors (Lipinski definition) is 7. The molecule has 0 heterocycles. The molecule has 118 valence electrons. The molecule has 0 radical (unpaired) electrons. The summed E-state index contributed by atoms with van der Waals surface area (Å²) in [6.45, 7) is -0.479. The summed E-state index contributed by atoms with van der Waals surface area (Å²) in [5.74, 6) is -0.380. The molecule has 0 aromatic heterocycles. The minimum atomic E-state index is -3.55. The van der Waals surface area contributed by atoms with Gasteiger partial charge in [0.15, 0.2) is 15.7 Å². The Balaban J connectivity index is 2.79. The monoisotopic (exact) mass is 317 g/mol. The minimum Gasteiger partial charge on any atom is -0.409 e. The zero-order chi connectivity index (χ0) is 15.9. The Bertz CT molecular complexity index is 584. The minimum absolute atomic E-state index is 0.0537. The fourth-order valence-electron chi connectivity index (χ4n) is 1.61. The van der Waals surface area contributed by atoms with Crippen molar-refractivity contribution >= 4 is 15.7 Å². The third-order valence-corrected chi connectivity index (χ3v) is 4.55. The molecule has 6 N–H and O–H groups in total. The Morgan fingerprint density at radius 1 is 1.33 bits per heavy atom. The van der Waals surface area contributed by atoms with Crippen molar-refractivity contribution in [3.63, 3.8) is 0 Å². The van der Waals surface area contributed by atoms with E-state index in [4.69, 9.17) is 21.2 Å². The van der Waals surface area contributed by atoms with E-state index >= 15 is 0 Å². The van der Waals surface area contributed by atoms with Crippen LogP contribution in [-0.2, 0) is 9.84 Å². The van der Waals surface area contributed by atoms with E-state index < -0.39 is 15.9 Å². The fourth-order valence-corrected chi connectivity index (χ4v) is 2.82. The highest BCUT2D eigenvalue weighted by Gasteiger charge is 2.16. The maximum Gasteiger partial charge on any atom is 0.179 e. The summed E-state index contributed by atoms with van der Waals surface area (Å²) < 4.78 is 24.3. The lowest BCUT2D eigenvalue weighted by molar-refractivity contribution is 0.173. The lowest BCUT2D eigenvalue weighted by Crippen LogP contribution is -2.38. The summed E-state index contributed by atoms with van der Waals surface area (Å²) in [4.78, 5) is 0.0537. The number of sulfone groups is 1. The summed E-state index contributed by atoms with van der Waals surface area (Å²) >= 11 is 0. The molecule has 0 spiro atoms. The molecular weight excluding hydrogens is 298 g/mol. The molecule has 1 rings (SSSR count). The molecule has 1 aromatic carbocycles. The van der Waals surface area contributed by atoms with E-state index in [1.54, 1.807) is 0 Å². The van der Waals surface area contributed by atoms with E-state index in [-0.39, 0.29) is 36.2 Å². The van der Waals surface area contributed by atoms with Crippen LogP contribution in [0, 0.1) is 0 Å². The molecule has 0 unspecified atom stereocenters. The van der Waals surface area contributed by atoms with Crippen LogP contribution < -0.4 is 11.1 Å². The number of rotatable bonds is 8. The normalized spacial score (nSPS) is 12.8. The zero-order valence-electron chi connectivity index (χ0n) is 11.3. The van der Waals surface area contributed by atoms with E-state index in [2.05, 4.69) is 10.5 Å². The number of aliphatic hydroxyl groups is 2. The van der Waals surface area contributed by atoms with Gasteiger partial charge in [-0.15, -0.1) is 0 Å². The maximum absolute atomic E-state index is 12.1. The SMILES string of the molecule is N/C(=N/O)c1cccc(S(=O)(=O)CCNC(CO)CO)c1. The second-order valence-corrected chi connectivity index (χ2v) is 6.46. The smallest absolute Gasteiger partial charge is 0.179 e. The van der Waals surface area contributed by atoms with Gasteiger partial charge in [0.2, 0.25) is 0 Å². The molecule has 21 heavy (non-hydrogen) atoms. The van der Waals surface area contributed by atoms with Gasteiger partial charge < -0.3 is 26.5 Å². The lowest BCUT2D eigenvalue weighted by atomic mass is 10.2. The number of amidine groups is 1. The third-order valence-electron chi connectivity index (χ3n) is 2.84. The van der Waals surface area contributed by atoms with Crippen LogP contribution in [0.25, 0.3) is 0 Å². The molecule has 0 bridgehead atoms. The Morgan fingerprint density at radius 2 is 2.00 bits per heavy atom. The van der Waals surface area contributed by atoms with Crippen LogP contribution in [0.3, 0.4) is 0 Å². The van der Waals surface area contributed by atoms with E-state index in [1.807, 2.05) is 0 Å². The Morgan fingerprint density at radius 3 is 2.57 bits per heavy atom. The van der Waals surface area contributed by atoms with Crippen LogP contribution >= 0.6 is 0 Å². The van der Waals surface area contributed by atoms with Gasteiger partial charge in [-0.2, -0.15) is 0 Å². The topological polar surface area (TPSA) is 145 Å². The number of nitrogens with one attached hydrogen (secondary N) is 1. The maximum atomic E-state index is 12.1. The van der Waals surface area contributed by atoms with Gasteiger partial charge in [0.05, 0.1) is 29.9 Å². The Kier molecular flexibility index (Phi) is 6.56. The largest absolute Gasteiger partial charge is 0.409 e. The molecule has 0 fully saturated rings. The summed E-state index contributed by atoms with van der Waals surface area (Å²) in [6.07, 6.45) is 0. The average Bonchev–Trinajstić information content (AvgIpc) is 2.51. The molecule has 0 aliphatic heterocycles. The van der Waals surface area contributed by atoms with Gasteiger partial charge >= 0.3 is 0 Å².